The summed E-state index contributed by atoms with van der Waals surface area (Å²) in [7, 11) is 0. The van der Waals surface area contributed by atoms with Crippen LogP contribution in [0.5, 0.6) is 5.75 Å². The molecule has 0 saturated heterocycles. The molecule has 3 aromatic carbocycles. The van der Waals surface area contributed by atoms with Crippen molar-refractivity contribution in [3.63, 3.8) is 0 Å². The summed E-state index contributed by atoms with van der Waals surface area (Å²) in [6, 6.07) is 18.6. The van der Waals surface area contributed by atoms with Crippen LogP contribution in [0.4, 0.5) is 5.69 Å². The van der Waals surface area contributed by atoms with E-state index < -0.39 is 4.92 Å². The molecule has 0 aliphatic carbocycles. The molecule has 0 amide bonds. The highest BCUT2D eigenvalue weighted by Crippen LogP contribution is 2.29. The van der Waals surface area contributed by atoms with Crippen molar-refractivity contribution in [3.8, 4) is 5.75 Å². The number of non-ortho nitro benzene ring substituents is 1. The molecule has 0 radical (unpaired) electrons. The fourth-order valence-electron chi connectivity index (χ4n) is 2.50. The van der Waals surface area contributed by atoms with Gasteiger partial charge in [-0.15, -0.1) is 0 Å². The summed E-state index contributed by atoms with van der Waals surface area (Å²) in [6.07, 6.45) is 0.731. The number of nitrogens with zero attached hydrogens (tertiary/aromatic N) is 1. The zero-order valence-corrected chi connectivity index (χ0v) is 13.0. The largest absolute Gasteiger partial charge is 0.492 e. The Labute approximate surface area is 138 Å². The van der Waals surface area contributed by atoms with E-state index in [4.69, 9.17) is 16.3 Å². The molecule has 0 saturated carbocycles. The van der Waals surface area contributed by atoms with Crippen LogP contribution < -0.4 is 4.74 Å². The molecule has 0 fully saturated rings. The second-order valence-electron chi connectivity index (χ2n) is 5.11. The molecule has 0 bridgehead atoms. The van der Waals surface area contributed by atoms with Crippen LogP contribution in [0.1, 0.15) is 5.56 Å². The fraction of sp³-hybridized carbons (Fsp3) is 0.111. The third-order valence-electron chi connectivity index (χ3n) is 3.64. The van der Waals surface area contributed by atoms with E-state index in [0.717, 1.165) is 6.42 Å². The van der Waals surface area contributed by atoms with Crippen molar-refractivity contribution in [2.75, 3.05) is 6.61 Å². The van der Waals surface area contributed by atoms with E-state index in [1.54, 1.807) is 0 Å². The van der Waals surface area contributed by atoms with Gasteiger partial charge in [-0.25, -0.2) is 0 Å². The standard InChI is InChI=1S/C18H14ClNO3/c19-17-12-15(20(21)22)8-9-18(17)23-11-10-14-6-3-5-13-4-1-2-7-16(13)14/h1-9,12H,10-11H2. The Balaban J connectivity index is 1.71. The second-order valence-corrected chi connectivity index (χ2v) is 5.52. The first-order chi connectivity index (χ1) is 11.1. The van der Waals surface area contributed by atoms with Gasteiger partial charge < -0.3 is 4.74 Å². The van der Waals surface area contributed by atoms with Crippen LogP contribution in [-0.4, -0.2) is 11.5 Å². The molecule has 0 atom stereocenters. The van der Waals surface area contributed by atoms with Gasteiger partial charge in [0.15, 0.2) is 0 Å². The molecule has 3 rings (SSSR count). The molecule has 0 aromatic heterocycles. The summed E-state index contributed by atoms with van der Waals surface area (Å²) in [6.45, 7) is 0.450. The van der Waals surface area contributed by atoms with Gasteiger partial charge in [0.1, 0.15) is 5.75 Å². The van der Waals surface area contributed by atoms with Gasteiger partial charge in [-0.3, -0.25) is 10.1 Å². The number of nitro benzene ring substituents is 1. The molecule has 0 aliphatic heterocycles. The van der Waals surface area contributed by atoms with Crippen LogP contribution >= 0.6 is 11.6 Å². The van der Waals surface area contributed by atoms with Crippen molar-refractivity contribution >= 4 is 28.1 Å². The number of hydrogen-bond acceptors (Lipinski definition) is 3. The smallest absolute Gasteiger partial charge is 0.271 e. The SMILES string of the molecule is O=[N+]([O-])c1ccc(OCCc2cccc3ccccc23)c(Cl)c1. The molecule has 0 heterocycles. The Morgan fingerprint density at radius 3 is 2.61 bits per heavy atom. The normalized spacial score (nSPS) is 10.7. The average Bonchev–Trinajstić information content (AvgIpc) is 2.56. The van der Waals surface area contributed by atoms with Crippen molar-refractivity contribution in [2.24, 2.45) is 0 Å². The van der Waals surface area contributed by atoms with Gasteiger partial charge in [-0.1, -0.05) is 54.1 Å². The van der Waals surface area contributed by atoms with Gasteiger partial charge in [0, 0.05) is 18.6 Å². The Morgan fingerprint density at radius 2 is 1.83 bits per heavy atom. The summed E-state index contributed by atoms with van der Waals surface area (Å²) in [4.78, 5) is 10.2. The minimum atomic E-state index is -0.480. The summed E-state index contributed by atoms with van der Waals surface area (Å²) in [5.41, 5.74) is 1.15. The summed E-state index contributed by atoms with van der Waals surface area (Å²) in [5, 5.41) is 13.3. The van der Waals surface area contributed by atoms with Crippen LogP contribution in [-0.2, 0) is 6.42 Å². The predicted molar refractivity (Wildman–Crippen MR) is 91.3 cm³/mol. The first-order valence-electron chi connectivity index (χ1n) is 7.18. The first-order valence-corrected chi connectivity index (χ1v) is 7.56. The van der Waals surface area contributed by atoms with Crippen LogP contribution in [0, 0.1) is 10.1 Å². The zero-order chi connectivity index (χ0) is 16.2. The van der Waals surface area contributed by atoms with E-state index in [-0.39, 0.29) is 10.7 Å². The molecule has 0 aliphatic rings. The lowest BCUT2D eigenvalue weighted by molar-refractivity contribution is -0.384. The molecule has 0 unspecified atom stereocenters. The Kier molecular flexibility index (Phi) is 4.44. The van der Waals surface area contributed by atoms with Gasteiger partial charge in [0.25, 0.3) is 5.69 Å². The summed E-state index contributed by atoms with van der Waals surface area (Å²) >= 11 is 6.02. The summed E-state index contributed by atoms with van der Waals surface area (Å²) < 4.78 is 5.67. The van der Waals surface area contributed by atoms with E-state index in [1.165, 1.54) is 34.5 Å². The fourth-order valence-corrected chi connectivity index (χ4v) is 2.73. The van der Waals surface area contributed by atoms with Crippen molar-refractivity contribution in [1.82, 2.24) is 0 Å². The quantitative estimate of drug-likeness (QED) is 0.488. The van der Waals surface area contributed by atoms with E-state index in [2.05, 4.69) is 24.3 Å². The lowest BCUT2D eigenvalue weighted by Crippen LogP contribution is -2.02. The number of rotatable bonds is 5. The third-order valence-corrected chi connectivity index (χ3v) is 3.93. The highest BCUT2D eigenvalue weighted by molar-refractivity contribution is 6.32. The van der Waals surface area contributed by atoms with Crippen molar-refractivity contribution in [1.29, 1.82) is 0 Å². The molecule has 0 N–H and O–H groups in total. The lowest BCUT2D eigenvalue weighted by atomic mass is 10.0. The van der Waals surface area contributed by atoms with E-state index >= 15 is 0 Å². The monoisotopic (exact) mass is 327 g/mol. The number of hydrogen-bond donors (Lipinski definition) is 0. The Hall–Kier alpha value is -2.59. The first kappa shape index (κ1) is 15.3. The van der Waals surface area contributed by atoms with E-state index in [0.29, 0.717) is 12.4 Å². The van der Waals surface area contributed by atoms with Crippen LogP contribution in [0.15, 0.2) is 60.7 Å². The van der Waals surface area contributed by atoms with E-state index in [9.17, 15) is 10.1 Å². The molecule has 0 spiro atoms. The maximum absolute atomic E-state index is 10.7. The number of nitro groups is 1. The Bertz CT molecular complexity index is 859. The maximum atomic E-state index is 10.7. The highest BCUT2D eigenvalue weighted by Gasteiger charge is 2.10. The molecule has 116 valence electrons. The molecule has 3 aromatic rings. The number of halogens is 1. The zero-order valence-electron chi connectivity index (χ0n) is 12.2. The lowest BCUT2D eigenvalue weighted by Gasteiger charge is -2.09. The highest BCUT2D eigenvalue weighted by atomic mass is 35.5. The van der Waals surface area contributed by atoms with Gasteiger partial charge in [0.2, 0.25) is 0 Å². The molecule has 4 nitrogen and oxygen atoms in total. The minimum absolute atomic E-state index is 0.0450. The summed E-state index contributed by atoms with van der Waals surface area (Å²) in [5.74, 6) is 0.456. The third kappa shape index (κ3) is 3.43. The van der Waals surface area contributed by atoms with Crippen molar-refractivity contribution in [3.05, 3.63) is 81.4 Å². The van der Waals surface area contributed by atoms with Crippen LogP contribution in [0.2, 0.25) is 5.02 Å². The topological polar surface area (TPSA) is 52.4 Å². The Morgan fingerprint density at radius 1 is 1.04 bits per heavy atom. The number of benzene rings is 3. The van der Waals surface area contributed by atoms with Gasteiger partial charge in [-0.2, -0.15) is 0 Å². The average molecular weight is 328 g/mol. The van der Waals surface area contributed by atoms with Crippen molar-refractivity contribution in [2.45, 2.75) is 6.42 Å². The molecule has 5 heteroatoms. The van der Waals surface area contributed by atoms with Crippen LogP contribution in [0.3, 0.4) is 0 Å². The molecule has 23 heavy (non-hydrogen) atoms. The number of fused-ring (bicyclic) bond motifs is 1. The predicted octanol–water partition coefficient (Wildman–Crippen LogP) is 5.02. The van der Waals surface area contributed by atoms with Gasteiger partial charge in [-0.05, 0) is 22.4 Å². The van der Waals surface area contributed by atoms with Gasteiger partial charge in [0.05, 0.1) is 16.6 Å². The van der Waals surface area contributed by atoms with Crippen molar-refractivity contribution < 1.29 is 9.66 Å². The second kappa shape index (κ2) is 6.67. The van der Waals surface area contributed by atoms with Crippen LogP contribution in [0.25, 0.3) is 10.8 Å². The maximum Gasteiger partial charge on any atom is 0.271 e. The minimum Gasteiger partial charge on any atom is -0.492 e. The van der Waals surface area contributed by atoms with Gasteiger partial charge >= 0.3 is 0 Å². The van der Waals surface area contributed by atoms with E-state index in [1.807, 2.05) is 18.2 Å². The number of ether oxygens (including phenoxy) is 1. The molecular formula is C18H14ClNO3. The molecular weight excluding hydrogens is 314 g/mol.